The van der Waals surface area contributed by atoms with Crippen molar-refractivity contribution in [3.05, 3.63) is 47.4 Å². The SMILES string of the molecule is NNc1ncccc1S(=O)(=O)Nc1ccc(Cl)c(F)c1. The van der Waals surface area contributed by atoms with E-state index in [4.69, 9.17) is 17.4 Å². The highest BCUT2D eigenvalue weighted by Crippen LogP contribution is 2.23. The number of anilines is 2. The van der Waals surface area contributed by atoms with E-state index in [-0.39, 0.29) is 21.4 Å². The average molecular weight is 317 g/mol. The number of benzene rings is 1. The van der Waals surface area contributed by atoms with Crippen molar-refractivity contribution < 1.29 is 12.8 Å². The van der Waals surface area contributed by atoms with Gasteiger partial charge in [-0.3, -0.25) is 4.72 Å². The van der Waals surface area contributed by atoms with Gasteiger partial charge in [-0.1, -0.05) is 11.6 Å². The second-order valence-corrected chi connectivity index (χ2v) is 5.79. The quantitative estimate of drug-likeness (QED) is 0.592. The van der Waals surface area contributed by atoms with Crippen molar-refractivity contribution in [2.45, 2.75) is 4.90 Å². The molecule has 0 bridgehead atoms. The number of pyridine rings is 1. The minimum atomic E-state index is -3.95. The molecule has 0 atom stereocenters. The van der Waals surface area contributed by atoms with Crippen molar-refractivity contribution in [1.82, 2.24) is 4.98 Å². The number of sulfonamides is 1. The van der Waals surface area contributed by atoms with Gasteiger partial charge in [0, 0.05) is 6.20 Å². The largest absolute Gasteiger partial charge is 0.307 e. The summed E-state index contributed by atoms with van der Waals surface area (Å²) in [6, 6.07) is 6.33. The maximum absolute atomic E-state index is 13.3. The standard InChI is InChI=1S/C11H10ClFN4O2S/c12-8-4-3-7(6-9(8)13)17-20(18,19)10-2-1-5-15-11(10)16-14/h1-6,17H,14H2,(H,15,16). The van der Waals surface area contributed by atoms with Gasteiger partial charge in [0.2, 0.25) is 0 Å². The molecular weight excluding hydrogens is 307 g/mol. The van der Waals surface area contributed by atoms with Crippen molar-refractivity contribution in [3.63, 3.8) is 0 Å². The zero-order chi connectivity index (χ0) is 14.8. The van der Waals surface area contributed by atoms with Crippen LogP contribution in [0.4, 0.5) is 15.9 Å². The summed E-state index contributed by atoms with van der Waals surface area (Å²) in [5.41, 5.74) is 2.22. The molecule has 0 spiro atoms. The van der Waals surface area contributed by atoms with Crippen molar-refractivity contribution in [2.75, 3.05) is 10.1 Å². The first-order valence-corrected chi connectivity index (χ1v) is 7.19. The number of hydrazine groups is 1. The van der Waals surface area contributed by atoms with E-state index in [1.165, 1.54) is 30.5 Å². The number of aromatic nitrogens is 1. The maximum atomic E-state index is 13.3. The topological polar surface area (TPSA) is 97.1 Å². The van der Waals surface area contributed by atoms with Crippen LogP contribution in [0.2, 0.25) is 5.02 Å². The molecule has 20 heavy (non-hydrogen) atoms. The minimum Gasteiger partial charge on any atom is -0.307 e. The highest BCUT2D eigenvalue weighted by atomic mass is 35.5. The van der Waals surface area contributed by atoms with E-state index in [1.807, 2.05) is 0 Å². The van der Waals surface area contributed by atoms with Crippen LogP contribution in [0.1, 0.15) is 0 Å². The van der Waals surface area contributed by atoms with E-state index >= 15 is 0 Å². The third kappa shape index (κ3) is 2.98. The second-order valence-electron chi connectivity index (χ2n) is 3.73. The Morgan fingerprint density at radius 3 is 2.70 bits per heavy atom. The van der Waals surface area contributed by atoms with E-state index in [2.05, 4.69) is 15.1 Å². The van der Waals surface area contributed by atoms with E-state index in [9.17, 15) is 12.8 Å². The fraction of sp³-hybridized carbons (Fsp3) is 0. The van der Waals surface area contributed by atoms with Gasteiger partial charge in [0.15, 0.2) is 5.82 Å². The van der Waals surface area contributed by atoms with Gasteiger partial charge in [-0.05, 0) is 30.3 Å². The second kappa shape index (κ2) is 5.61. The van der Waals surface area contributed by atoms with Crippen LogP contribution >= 0.6 is 11.6 Å². The fourth-order valence-corrected chi connectivity index (χ4v) is 2.77. The Labute approximate surface area is 119 Å². The third-order valence-electron chi connectivity index (χ3n) is 2.37. The summed E-state index contributed by atoms with van der Waals surface area (Å²) in [4.78, 5) is 3.63. The third-order valence-corrected chi connectivity index (χ3v) is 4.09. The molecule has 0 aliphatic carbocycles. The van der Waals surface area contributed by atoms with Crippen LogP contribution in [0, 0.1) is 5.82 Å². The van der Waals surface area contributed by atoms with Crippen LogP contribution < -0.4 is 16.0 Å². The van der Waals surface area contributed by atoms with Crippen LogP contribution in [0.5, 0.6) is 0 Å². The van der Waals surface area contributed by atoms with Gasteiger partial charge in [-0.2, -0.15) is 0 Å². The Morgan fingerprint density at radius 1 is 1.30 bits per heavy atom. The van der Waals surface area contributed by atoms with Crippen LogP contribution in [0.25, 0.3) is 0 Å². The van der Waals surface area contributed by atoms with E-state index in [0.717, 1.165) is 6.07 Å². The van der Waals surface area contributed by atoms with Gasteiger partial charge in [0.1, 0.15) is 10.7 Å². The molecule has 0 aliphatic rings. The number of hydrogen-bond donors (Lipinski definition) is 3. The molecule has 0 saturated carbocycles. The summed E-state index contributed by atoms with van der Waals surface area (Å²) in [7, 11) is -3.95. The summed E-state index contributed by atoms with van der Waals surface area (Å²) >= 11 is 5.53. The molecule has 1 aromatic carbocycles. The first kappa shape index (κ1) is 14.5. The molecule has 0 saturated heterocycles. The summed E-state index contributed by atoms with van der Waals surface area (Å²) in [6.45, 7) is 0. The number of nitrogens with two attached hydrogens (primary N) is 1. The van der Waals surface area contributed by atoms with Crippen LogP contribution in [0.15, 0.2) is 41.4 Å². The Morgan fingerprint density at radius 2 is 2.05 bits per heavy atom. The molecular formula is C11H10ClFN4O2S. The van der Waals surface area contributed by atoms with Crippen molar-refractivity contribution in [3.8, 4) is 0 Å². The molecule has 0 radical (unpaired) electrons. The predicted molar refractivity (Wildman–Crippen MR) is 74.3 cm³/mol. The minimum absolute atomic E-state index is 0.0190. The van der Waals surface area contributed by atoms with Gasteiger partial charge < -0.3 is 5.43 Å². The normalized spacial score (nSPS) is 11.2. The summed E-state index contributed by atoms with van der Waals surface area (Å²) in [6.07, 6.45) is 1.39. The van der Waals surface area contributed by atoms with Crippen LogP contribution in [-0.2, 0) is 10.0 Å². The molecule has 0 aliphatic heterocycles. The summed E-state index contributed by atoms with van der Waals surface area (Å²) in [5.74, 6) is 4.46. The molecule has 2 aromatic rings. The lowest BCUT2D eigenvalue weighted by atomic mass is 10.3. The Hall–Kier alpha value is -1.90. The van der Waals surface area contributed by atoms with Gasteiger partial charge in [-0.25, -0.2) is 23.6 Å². The lowest BCUT2D eigenvalue weighted by Crippen LogP contribution is -2.18. The van der Waals surface area contributed by atoms with Crippen molar-refractivity contribution in [1.29, 1.82) is 0 Å². The fourth-order valence-electron chi connectivity index (χ4n) is 1.49. The van der Waals surface area contributed by atoms with E-state index in [0.29, 0.717) is 0 Å². The van der Waals surface area contributed by atoms with Gasteiger partial charge >= 0.3 is 0 Å². The van der Waals surface area contributed by atoms with Gasteiger partial charge in [0.25, 0.3) is 10.0 Å². The van der Waals surface area contributed by atoms with Gasteiger partial charge in [0.05, 0.1) is 10.7 Å². The van der Waals surface area contributed by atoms with Gasteiger partial charge in [-0.15, -0.1) is 0 Å². The first-order chi connectivity index (χ1) is 9.44. The lowest BCUT2D eigenvalue weighted by molar-refractivity contribution is 0.601. The zero-order valence-electron chi connectivity index (χ0n) is 9.97. The summed E-state index contributed by atoms with van der Waals surface area (Å²) < 4.78 is 39.9. The van der Waals surface area contributed by atoms with E-state index < -0.39 is 15.8 Å². The molecule has 4 N–H and O–H groups in total. The molecule has 2 rings (SSSR count). The molecule has 6 nitrogen and oxygen atoms in total. The van der Waals surface area contributed by atoms with Crippen molar-refractivity contribution in [2.24, 2.45) is 5.84 Å². The molecule has 1 heterocycles. The molecule has 106 valence electrons. The Bertz CT molecular complexity index is 739. The maximum Gasteiger partial charge on any atom is 0.265 e. The average Bonchev–Trinajstić information content (AvgIpc) is 2.42. The van der Waals surface area contributed by atoms with E-state index in [1.54, 1.807) is 0 Å². The Balaban J connectivity index is 2.38. The molecule has 0 unspecified atom stereocenters. The smallest absolute Gasteiger partial charge is 0.265 e. The molecule has 1 aromatic heterocycles. The summed E-state index contributed by atoms with van der Waals surface area (Å²) in [5, 5.41) is -0.0985. The van der Waals surface area contributed by atoms with Crippen molar-refractivity contribution >= 4 is 33.1 Å². The molecule has 0 amide bonds. The first-order valence-electron chi connectivity index (χ1n) is 5.33. The Kier molecular flexibility index (Phi) is 4.07. The number of nitrogens with one attached hydrogen (secondary N) is 2. The van der Waals surface area contributed by atoms with Crippen LogP contribution in [-0.4, -0.2) is 13.4 Å². The predicted octanol–water partition coefficient (Wildman–Crippen LogP) is 1.96. The number of rotatable bonds is 4. The molecule has 9 heteroatoms. The monoisotopic (exact) mass is 316 g/mol. The highest BCUT2D eigenvalue weighted by Gasteiger charge is 2.19. The number of hydrogen-bond acceptors (Lipinski definition) is 5. The number of halogens is 2. The van der Waals surface area contributed by atoms with Crippen LogP contribution in [0.3, 0.4) is 0 Å². The molecule has 0 fully saturated rings. The number of nitrogen functional groups attached to an aromatic ring is 1. The zero-order valence-corrected chi connectivity index (χ0v) is 11.5. The highest BCUT2D eigenvalue weighted by molar-refractivity contribution is 7.92. The number of nitrogens with zero attached hydrogens (tertiary/aromatic N) is 1. The lowest BCUT2D eigenvalue weighted by Gasteiger charge is -2.11.